The Hall–Kier alpha value is -1.39. The lowest BCUT2D eigenvalue weighted by molar-refractivity contribution is -0.123. The van der Waals surface area contributed by atoms with E-state index in [2.05, 4.69) is 22.8 Å². The number of benzene rings is 1. The largest absolute Gasteiger partial charge is 0.392 e. The summed E-state index contributed by atoms with van der Waals surface area (Å²) in [6.45, 7) is 2.69. The van der Waals surface area contributed by atoms with Crippen molar-refractivity contribution in [3.05, 3.63) is 35.4 Å². The van der Waals surface area contributed by atoms with Crippen LogP contribution < -0.4 is 10.6 Å². The van der Waals surface area contributed by atoms with Gasteiger partial charge in [-0.15, -0.1) is 0 Å². The first-order valence-corrected chi connectivity index (χ1v) is 5.93. The lowest BCUT2D eigenvalue weighted by Gasteiger charge is -2.25. The number of aliphatic hydroxyl groups is 1. The molecule has 1 aliphatic heterocycles. The van der Waals surface area contributed by atoms with Crippen LogP contribution in [-0.4, -0.2) is 29.7 Å². The minimum Gasteiger partial charge on any atom is -0.392 e. The summed E-state index contributed by atoms with van der Waals surface area (Å²) >= 11 is 0. The highest BCUT2D eigenvalue weighted by Crippen LogP contribution is 2.16. The van der Waals surface area contributed by atoms with Crippen molar-refractivity contribution in [3.8, 4) is 0 Å². The second-order valence-corrected chi connectivity index (χ2v) is 4.50. The third-order valence-electron chi connectivity index (χ3n) is 2.97. The van der Waals surface area contributed by atoms with Gasteiger partial charge in [-0.2, -0.15) is 0 Å². The van der Waals surface area contributed by atoms with E-state index < -0.39 is 6.10 Å². The van der Waals surface area contributed by atoms with Crippen molar-refractivity contribution in [1.29, 1.82) is 0 Å². The Labute approximate surface area is 101 Å². The second-order valence-electron chi connectivity index (χ2n) is 4.50. The van der Waals surface area contributed by atoms with Crippen molar-refractivity contribution in [2.24, 2.45) is 0 Å². The van der Waals surface area contributed by atoms with Gasteiger partial charge in [-0.3, -0.25) is 4.79 Å². The van der Waals surface area contributed by atoms with Gasteiger partial charge < -0.3 is 15.7 Å². The molecule has 0 bridgehead atoms. The molecule has 2 rings (SSSR count). The average Bonchev–Trinajstić information content (AvgIpc) is 2.35. The van der Waals surface area contributed by atoms with Crippen molar-refractivity contribution >= 4 is 5.91 Å². The number of hydrogen-bond donors (Lipinski definition) is 3. The van der Waals surface area contributed by atoms with Crippen LogP contribution in [0.3, 0.4) is 0 Å². The molecular formula is C13H18N2O2. The number of nitrogens with one attached hydrogen (secondary N) is 2. The number of carbonyl (C=O) groups is 1. The van der Waals surface area contributed by atoms with Crippen molar-refractivity contribution in [2.45, 2.75) is 32.0 Å². The predicted molar refractivity (Wildman–Crippen MR) is 65.5 cm³/mol. The molecule has 0 saturated heterocycles. The second kappa shape index (κ2) is 5.29. The van der Waals surface area contributed by atoms with Crippen LogP contribution in [0, 0.1) is 0 Å². The van der Waals surface area contributed by atoms with Crippen LogP contribution in [-0.2, 0) is 17.8 Å². The molecule has 92 valence electrons. The molecule has 2 unspecified atom stereocenters. The highest BCUT2D eigenvalue weighted by atomic mass is 16.3. The molecular weight excluding hydrogens is 216 g/mol. The Balaban J connectivity index is 1.95. The molecule has 0 radical (unpaired) electrons. The molecule has 0 spiro atoms. The Morgan fingerprint density at radius 2 is 2.24 bits per heavy atom. The van der Waals surface area contributed by atoms with E-state index in [0.717, 1.165) is 6.54 Å². The Bertz CT molecular complexity index is 404. The molecule has 1 amide bonds. The van der Waals surface area contributed by atoms with Gasteiger partial charge in [0, 0.05) is 13.1 Å². The van der Waals surface area contributed by atoms with Gasteiger partial charge in [0.05, 0.1) is 12.1 Å². The van der Waals surface area contributed by atoms with Crippen LogP contribution in [0.25, 0.3) is 0 Å². The SMILES string of the molecule is CC(O)CNC(=O)C1Cc2ccccc2CN1. The quantitative estimate of drug-likeness (QED) is 0.700. The minimum atomic E-state index is -0.505. The van der Waals surface area contributed by atoms with Crippen LogP contribution >= 0.6 is 0 Å². The van der Waals surface area contributed by atoms with Crippen molar-refractivity contribution in [2.75, 3.05) is 6.54 Å². The predicted octanol–water partition coefficient (Wildman–Crippen LogP) is 0.198. The maximum absolute atomic E-state index is 11.8. The van der Waals surface area contributed by atoms with E-state index in [-0.39, 0.29) is 11.9 Å². The van der Waals surface area contributed by atoms with Gasteiger partial charge in [0.15, 0.2) is 0 Å². The van der Waals surface area contributed by atoms with Crippen LogP contribution in [0.15, 0.2) is 24.3 Å². The molecule has 1 aromatic carbocycles. The number of hydrogen-bond acceptors (Lipinski definition) is 3. The Kier molecular flexibility index (Phi) is 3.76. The van der Waals surface area contributed by atoms with Gasteiger partial charge in [0.2, 0.25) is 5.91 Å². The summed E-state index contributed by atoms with van der Waals surface area (Å²) in [7, 11) is 0. The number of aliphatic hydroxyl groups excluding tert-OH is 1. The van der Waals surface area contributed by atoms with Gasteiger partial charge in [-0.25, -0.2) is 0 Å². The molecule has 3 N–H and O–H groups in total. The molecule has 4 nitrogen and oxygen atoms in total. The summed E-state index contributed by atoms with van der Waals surface area (Å²) in [5.74, 6) is -0.0413. The monoisotopic (exact) mass is 234 g/mol. The van der Waals surface area contributed by atoms with Crippen LogP contribution in [0.1, 0.15) is 18.1 Å². The van der Waals surface area contributed by atoms with E-state index in [0.29, 0.717) is 13.0 Å². The molecule has 2 atom stereocenters. The topological polar surface area (TPSA) is 61.4 Å². The van der Waals surface area contributed by atoms with Crippen LogP contribution in [0.2, 0.25) is 0 Å². The summed E-state index contributed by atoms with van der Waals surface area (Å²) in [6.07, 6.45) is 0.205. The fourth-order valence-electron chi connectivity index (χ4n) is 2.01. The van der Waals surface area contributed by atoms with Gasteiger partial charge in [0.1, 0.15) is 0 Å². The molecule has 0 aliphatic carbocycles. The number of amides is 1. The van der Waals surface area contributed by atoms with E-state index in [1.165, 1.54) is 11.1 Å². The van der Waals surface area contributed by atoms with E-state index in [1.54, 1.807) is 6.92 Å². The first kappa shape index (κ1) is 12.1. The van der Waals surface area contributed by atoms with Crippen LogP contribution in [0.4, 0.5) is 0 Å². The zero-order valence-corrected chi connectivity index (χ0v) is 9.94. The highest BCUT2D eigenvalue weighted by molar-refractivity contribution is 5.82. The molecule has 1 heterocycles. The number of rotatable bonds is 3. The lowest BCUT2D eigenvalue weighted by atomic mass is 9.95. The maximum Gasteiger partial charge on any atom is 0.237 e. The molecule has 0 saturated carbocycles. The first-order valence-electron chi connectivity index (χ1n) is 5.93. The van der Waals surface area contributed by atoms with Gasteiger partial charge >= 0.3 is 0 Å². The smallest absolute Gasteiger partial charge is 0.237 e. The summed E-state index contributed by atoms with van der Waals surface area (Å²) < 4.78 is 0. The normalized spacial score (nSPS) is 20.5. The summed E-state index contributed by atoms with van der Waals surface area (Å²) in [5, 5.41) is 15.1. The summed E-state index contributed by atoms with van der Waals surface area (Å²) in [6, 6.07) is 7.95. The molecule has 0 fully saturated rings. The fraction of sp³-hybridized carbons (Fsp3) is 0.462. The van der Waals surface area contributed by atoms with Gasteiger partial charge in [-0.1, -0.05) is 24.3 Å². The number of carbonyl (C=O) groups excluding carboxylic acids is 1. The Morgan fingerprint density at radius 1 is 1.53 bits per heavy atom. The summed E-state index contributed by atoms with van der Waals surface area (Å²) in [4.78, 5) is 11.8. The third-order valence-corrected chi connectivity index (χ3v) is 2.97. The molecule has 1 aliphatic rings. The fourth-order valence-corrected chi connectivity index (χ4v) is 2.01. The zero-order valence-electron chi connectivity index (χ0n) is 9.94. The first-order chi connectivity index (χ1) is 8.16. The van der Waals surface area contributed by atoms with E-state index in [9.17, 15) is 4.79 Å². The molecule has 4 heteroatoms. The third kappa shape index (κ3) is 3.05. The van der Waals surface area contributed by atoms with Crippen molar-refractivity contribution in [1.82, 2.24) is 10.6 Å². The zero-order chi connectivity index (χ0) is 12.3. The van der Waals surface area contributed by atoms with Gasteiger partial charge in [-0.05, 0) is 24.5 Å². The van der Waals surface area contributed by atoms with E-state index in [1.807, 2.05) is 12.1 Å². The Morgan fingerprint density at radius 3 is 2.94 bits per heavy atom. The highest BCUT2D eigenvalue weighted by Gasteiger charge is 2.23. The van der Waals surface area contributed by atoms with E-state index >= 15 is 0 Å². The van der Waals surface area contributed by atoms with Crippen molar-refractivity contribution in [3.63, 3.8) is 0 Å². The molecule has 1 aromatic rings. The van der Waals surface area contributed by atoms with Gasteiger partial charge in [0.25, 0.3) is 0 Å². The summed E-state index contributed by atoms with van der Waals surface area (Å²) in [5.41, 5.74) is 2.48. The maximum atomic E-state index is 11.8. The van der Waals surface area contributed by atoms with E-state index in [4.69, 9.17) is 5.11 Å². The van der Waals surface area contributed by atoms with Crippen molar-refractivity contribution < 1.29 is 9.90 Å². The average molecular weight is 234 g/mol. The lowest BCUT2D eigenvalue weighted by Crippen LogP contribution is -2.48. The number of fused-ring (bicyclic) bond motifs is 1. The standard InChI is InChI=1S/C13H18N2O2/c1-9(16)7-15-13(17)12-6-10-4-2-3-5-11(10)8-14-12/h2-5,9,12,14,16H,6-8H2,1H3,(H,15,17). The van der Waals surface area contributed by atoms with Crippen LogP contribution in [0.5, 0.6) is 0 Å². The molecule has 17 heavy (non-hydrogen) atoms. The minimum absolute atomic E-state index is 0.0413. The molecule has 0 aromatic heterocycles.